The van der Waals surface area contributed by atoms with Gasteiger partial charge in [-0.25, -0.2) is 0 Å². The van der Waals surface area contributed by atoms with E-state index in [0.717, 1.165) is 12.8 Å². The number of nitrogens with zero attached hydrogens (tertiary/aromatic N) is 2. The Balaban J connectivity index is 2.06. The van der Waals surface area contributed by atoms with Crippen molar-refractivity contribution in [2.75, 3.05) is 12.4 Å². The Kier molecular flexibility index (Phi) is 3.59. The zero-order valence-corrected chi connectivity index (χ0v) is 9.93. The summed E-state index contributed by atoms with van der Waals surface area (Å²) in [4.78, 5) is 18.6. The molecule has 82 valence electrons. The van der Waals surface area contributed by atoms with Gasteiger partial charge in [-0.1, -0.05) is 0 Å². The second-order valence-corrected chi connectivity index (χ2v) is 4.90. The smallest absolute Gasteiger partial charge is 0.265 e. The molecule has 1 fully saturated rings. The number of halogens is 1. The molecule has 1 aromatic rings. The van der Waals surface area contributed by atoms with Crippen molar-refractivity contribution in [2.45, 2.75) is 25.3 Å². The third-order valence-electron chi connectivity index (χ3n) is 2.74. The molecule has 0 saturated heterocycles. The summed E-state index contributed by atoms with van der Waals surface area (Å²) in [7, 11) is 0. The monoisotopic (exact) mass is 244 g/mol. The summed E-state index contributed by atoms with van der Waals surface area (Å²) >= 11 is 7.11. The van der Waals surface area contributed by atoms with Crippen LogP contribution in [0.1, 0.15) is 28.9 Å². The van der Waals surface area contributed by atoms with E-state index >= 15 is 0 Å². The van der Waals surface area contributed by atoms with Crippen molar-refractivity contribution in [2.24, 2.45) is 0 Å². The molecule has 0 bridgehead atoms. The van der Waals surface area contributed by atoms with Crippen LogP contribution in [0.25, 0.3) is 0 Å². The van der Waals surface area contributed by atoms with Crippen LogP contribution in [0, 0.1) is 0 Å². The predicted molar refractivity (Wildman–Crippen MR) is 61.5 cm³/mol. The van der Waals surface area contributed by atoms with E-state index in [-0.39, 0.29) is 5.91 Å². The number of alkyl halides is 1. The van der Waals surface area contributed by atoms with Gasteiger partial charge in [0, 0.05) is 18.5 Å². The summed E-state index contributed by atoms with van der Waals surface area (Å²) in [5.74, 6) is 0.587. The van der Waals surface area contributed by atoms with Crippen LogP contribution in [0.4, 0.5) is 0 Å². The van der Waals surface area contributed by atoms with Gasteiger partial charge in [0.1, 0.15) is 4.88 Å². The van der Waals surface area contributed by atoms with E-state index in [1.165, 1.54) is 17.8 Å². The molecule has 1 aromatic heterocycles. The van der Waals surface area contributed by atoms with Crippen LogP contribution in [-0.2, 0) is 0 Å². The van der Waals surface area contributed by atoms with Gasteiger partial charge in [-0.05, 0) is 19.3 Å². The summed E-state index contributed by atoms with van der Waals surface area (Å²) in [6.45, 7) is 0.642. The fourth-order valence-corrected chi connectivity index (χ4v) is 2.46. The van der Waals surface area contributed by atoms with Gasteiger partial charge in [-0.15, -0.1) is 22.9 Å². The highest BCUT2D eigenvalue weighted by atomic mass is 35.5. The molecule has 0 unspecified atom stereocenters. The number of amides is 1. The molecule has 0 radical (unpaired) electrons. The predicted octanol–water partition coefficient (Wildman–Crippen LogP) is 2.38. The van der Waals surface area contributed by atoms with Crippen molar-refractivity contribution >= 4 is 28.8 Å². The minimum Gasteiger partial charge on any atom is -0.334 e. The summed E-state index contributed by atoms with van der Waals surface area (Å²) in [6.07, 6.45) is 5.08. The first-order valence-electron chi connectivity index (χ1n) is 5.08. The Morgan fingerprint density at radius 2 is 2.47 bits per heavy atom. The quantitative estimate of drug-likeness (QED) is 0.762. The lowest BCUT2D eigenvalue weighted by Crippen LogP contribution is -2.45. The molecule has 3 nitrogen and oxygen atoms in total. The van der Waals surface area contributed by atoms with Gasteiger partial charge in [-0.3, -0.25) is 9.78 Å². The molecular weight excluding hydrogens is 232 g/mol. The summed E-state index contributed by atoms with van der Waals surface area (Å²) in [6, 6.07) is 0.401. The first-order valence-corrected chi connectivity index (χ1v) is 6.49. The highest BCUT2D eigenvalue weighted by molar-refractivity contribution is 7.11. The molecule has 0 aliphatic heterocycles. The Bertz CT molecular complexity index is 324. The van der Waals surface area contributed by atoms with Crippen LogP contribution in [0.5, 0.6) is 0 Å². The second-order valence-electron chi connectivity index (χ2n) is 3.64. The SMILES string of the molecule is O=C(c1cncs1)N(CCCl)C1CCC1. The third kappa shape index (κ3) is 2.32. The maximum absolute atomic E-state index is 12.1. The Labute approximate surface area is 98.1 Å². The molecule has 1 aliphatic carbocycles. The van der Waals surface area contributed by atoms with Crippen LogP contribution in [0.3, 0.4) is 0 Å². The van der Waals surface area contributed by atoms with Gasteiger partial charge in [0.2, 0.25) is 0 Å². The van der Waals surface area contributed by atoms with E-state index < -0.39 is 0 Å². The molecule has 0 spiro atoms. The summed E-state index contributed by atoms with van der Waals surface area (Å²) < 4.78 is 0. The van der Waals surface area contributed by atoms with Crippen LogP contribution in [0.2, 0.25) is 0 Å². The number of hydrogen-bond acceptors (Lipinski definition) is 3. The molecule has 1 heterocycles. The van der Waals surface area contributed by atoms with Crippen molar-refractivity contribution in [1.29, 1.82) is 0 Å². The van der Waals surface area contributed by atoms with E-state index in [2.05, 4.69) is 4.98 Å². The Hall–Kier alpha value is -0.610. The lowest BCUT2D eigenvalue weighted by molar-refractivity contribution is 0.0602. The zero-order valence-electron chi connectivity index (χ0n) is 8.36. The number of aromatic nitrogens is 1. The minimum atomic E-state index is 0.0860. The van der Waals surface area contributed by atoms with Gasteiger partial charge in [0.25, 0.3) is 5.91 Å². The maximum Gasteiger partial charge on any atom is 0.265 e. The average Bonchev–Trinajstić information content (AvgIpc) is 2.66. The highest BCUT2D eigenvalue weighted by Gasteiger charge is 2.29. The fraction of sp³-hybridized carbons (Fsp3) is 0.600. The molecule has 1 aliphatic rings. The van der Waals surface area contributed by atoms with Crippen LogP contribution in [0.15, 0.2) is 11.7 Å². The first kappa shape index (κ1) is 10.9. The summed E-state index contributed by atoms with van der Waals surface area (Å²) in [5, 5.41) is 0. The van der Waals surface area contributed by atoms with Gasteiger partial charge in [0.05, 0.1) is 11.7 Å². The van der Waals surface area contributed by atoms with Crippen LogP contribution in [-0.4, -0.2) is 34.3 Å². The van der Waals surface area contributed by atoms with E-state index in [1.807, 2.05) is 4.90 Å². The van der Waals surface area contributed by atoms with Gasteiger partial charge in [0.15, 0.2) is 0 Å². The average molecular weight is 245 g/mol. The lowest BCUT2D eigenvalue weighted by atomic mass is 9.91. The lowest BCUT2D eigenvalue weighted by Gasteiger charge is -2.36. The highest BCUT2D eigenvalue weighted by Crippen LogP contribution is 2.26. The van der Waals surface area contributed by atoms with Crippen LogP contribution < -0.4 is 0 Å². The maximum atomic E-state index is 12.1. The third-order valence-corrected chi connectivity index (χ3v) is 3.67. The Morgan fingerprint density at radius 3 is 2.93 bits per heavy atom. The first-order chi connectivity index (χ1) is 7.33. The molecule has 0 aromatic carbocycles. The van der Waals surface area contributed by atoms with E-state index in [0.29, 0.717) is 23.3 Å². The molecule has 5 heteroatoms. The van der Waals surface area contributed by atoms with Gasteiger partial charge in [-0.2, -0.15) is 0 Å². The Morgan fingerprint density at radius 1 is 1.67 bits per heavy atom. The number of carbonyl (C=O) groups excluding carboxylic acids is 1. The fourth-order valence-electron chi connectivity index (χ4n) is 1.70. The van der Waals surface area contributed by atoms with E-state index in [4.69, 9.17) is 11.6 Å². The minimum absolute atomic E-state index is 0.0860. The molecule has 0 N–H and O–H groups in total. The molecule has 0 atom stereocenters. The zero-order chi connectivity index (χ0) is 10.7. The van der Waals surface area contributed by atoms with Gasteiger partial charge < -0.3 is 4.90 Å². The molecule has 1 saturated carbocycles. The number of hydrogen-bond donors (Lipinski definition) is 0. The van der Waals surface area contributed by atoms with E-state index in [9.17, 15) is 4.79 Å². The molecule has 15 heavy (non-hydrogen) atoms. The standard InChI is InChI=1S/C10H13ClN2OS/c11-4-5-13(8-2-1-3-8)10(14)9-6-12-7-15-9/h6-8H,1-5H2. The van der Waals surface area contributed by atoms with Gasteiger partial charge >= 0.3 is 0 Å². The second kappa shape index (κ2) is 4.94. The topological polar surface area (TPSA) is 33.2 Å². The molecule has 1 amide bonds. The van der Waals surface area contributed by atoms with Crippen molar-refractivity contribution in [3.8, 4) is 0 Å². The molecule has 2 rings (SSSR count). The largest absolute Gasteiger partial charge is 0.334 e. The van der Waals surface area contributed by atoms with Crippen molar-refractivity contribution in [1.82, 2.24) is 9.88 Å². The van der Waals surface area contributed by atoms with E-state index in [1.54, 1.807) is 11.7 Å². The van der Waals surface area contributed by atoms with Crippen LogP contribution >= 0.6 is 22.9 Å². The van der Waals surface area contributed by atoms with Crippen molar-refractivity contribution < 1.29 is 4.79 Å². The molecular formula is C10H13ClN2OS. The number of carbonyl (C=O) groups is 1. The normalized spacial score (nSPS) is 16.1. The van der Waals surface area contributed by atoms with Crippen molar-refractivity contribution in [3.63, 3.8) is 0 Å². The van der Waals surface area contributed by atoms with Crippen molar-refractivity contribution in [3.05, 3.63) is 16.6 Å². The summed E-state index contributed by atoms with van der Waals surface area (Å²) in [5.41, 5.74) is 1.69. The number of thiazole rings is 1. The number of rotatable bonds is 4.